The molecule has 3 N–H and O–H groups in total. The van der Waals surface area contributed by atoms with Crippen LogP contribution in [0.15, 0.2) is 30.3 Å². The molecule has 1 saturated carbocycles. The van der Waals surface area contributed by atoms with E-state index in [1.54, 1.807) is 6.07 Å². The van der Waals surface area contributed by atoms with Crippen molar-refractivity contribution in [1.82, 2.24) is 4.98 Å². The molecular weight excluding hydrogens is 260 g/mol. The Balaban J connectivity index is 2.12. The zero-order chi connectivity index (χ0) is 14.8. The van der Waals surface area contributed by atoms with Crippen LogP contribution in [0.25, 0.3) is 11.3 Å². The van der Waals surface area contributed by atoms with Gasteiger partial charge in [0, 0.05) is 5.56 Å². The van der Waals surface area contributed by atoms with Crippen molar-refractivity contribution in [3.63, 3.8) is 0 Å². The number of hydrogen-bond acceptors (Lipinski definition) is 3. The Morgan fingerprint density at radius 2 is 2.10 bits per heavy atom. The lowest BCUT2D eigenvalue weighted by atomic mass is 9.77. The van der Waals surface area contributed by atoms with E-state index in [1.807, 2.05) is 18.2 Å². The Bertz CT molecular complexity index is 648. The number of nitrogen functional groups attached to an aromatic ring is 1. The van der Waals surface area contributed by atoms with Crippen molar-refractivity contribution in [1.29, 1.82) is 0 Å². The number of phenols is 1. The van der Waals surface area contributed by atoms with Crippen LogP contribution in [-0.4, -0.2) is 10.1 Å². The normalized spacial score (nSPS) is 14.9. The number of phenolic OH excluding ortho intramolecular Hbond substituents is 1. The maximum Gasteiger partial charge on any atom is 0.124 e. The van der Waals surface area contributed by atoms with Gasteiger partial charge in [0.2, 0.25) is 0 Å². The Kier molecular flexibility index (Phi) is 3.82. The monoisotopic (exact) mass is 282 g/mol. The van der Waals surface area contributed by atoms with Crippen LogP contribution in [-0.2, 0) is 6.42 Å². The fraction of sp³-hybridized carbons (Fsp3) is 0.389. The summed E-state index contributed by atoms with van der Waals surface area (Å²) in [5.74, 6) is 1.51. The summed E-state index contributed by atoms with van der Waals surface area (Å²) in [4.78, 5) is 4.47. The third-order valence-electron chi connectivity index (χ3n) is 4.36. The highest BCUT2D eigenvalue weighted by Gasteiger charge is 2.24. The molecule has 1 aromatic heterocycles. The van der Waals surface area contributed by atoms with Crippen molar-refractivity contribution in [2.24, 2.45) is 0 Å². The number of benzene rings is 1. The maximum atomic E-state index is 10.3. The molecule has 0 saturated heterocycles. The standard InChI is InChI=1S/C18H22N2O/c1-2-5-13-10-15(16-8-4-9-18(19)20-16)14(11-17(13)21)12-6-3-7-12/h4,8-12,21H,2-3,5-7H2,1H3,(H2,19,20). The second kappa shape index (κ2) is 5.76. The third kappa shape index (κ3) is 2.73. The van der Waals surface area contributed by atoms with E-state index in [9.17, 15) is 5.11 Å². The summed E-state index contributed by atoms with van der Waals surface area (Å²) in [5.41, 5.74) is 10.1. The molecule has 3 rings (SSSR count). The molecule has 3 heteroatoms. The van der Waals surface area contributed by atoms with Crippen molar-refractivity contribution in [2.75, 3.05) is 5.73 Å². The zero-order valence-corrected chi connectivity index (χ0v) is 12.5. The highest BCUT2D eigenvalue weighted by atomic mass is 16.3. The lowest BCUT2D eigenvalue weighted by molar-refractivity contribution is 0.415. The van der Waals surface area contributed by atoms with Gasteiger partial charge < -0.3 is 10.8 Å². The largest absolute Gasteiger partial charge is 0.508 e. The van der Waals surface area contributed by atoms with E-state index in [0.29, 0.717) is 17.5 Å². The van der Waals surface area contributed by atoms with Crippen molar-refractivity contribution in [2.45, 2.75) is 44.9 Å². The number of pyridine rings is 1. The van der Waals surface area contributed by atoms with Gasteiger partial charge in [-0.3, -0.25) is 0 Å². The predicted octanol–water partition coefficient (Wildman–Crippen LogP) is 4.26. The molecule has 1 aliphatic carbocycles. The predicted molar refractivity (Wildman–Crippen MR) is 86.3 cm³/mol. The number of aryl methyl sites for hydroxylation is 1. The quantitative estimate of drug-likeness (QED) is 0.881. The molecule has 2 aromatic rings. The molecular formula is C18H22N2O. The molecule has 0 unspecified atom stereocenters. The van der Waals surface area contributed by atoms with Gasteiger partial charge in [-0.15, -0.1) is 0 Å². The minimum Gasteiger partial charge on any atom is -0.508 e. The van der Waals surface area contributed by atoms with Crippen LogP contribution in [0.5, 0.6) is 5.75 Å². The molecule has 3 nitrogen and oxygen atoms in total. The Morgan fingerprint density at radius 1 is 1.29 bits per heavy atom. The molecule has 0 bridgehead atoms. The van der Waals surface area contributed by atoms with E-state index in [2.05, 4.69) is 18.0 Å². The molecule has 1 heterocycles. The first kappa shape index (κ1) is 13.9. The lowest BCUT2D eigenvalue weighted by Gasteiger charge is -2.28. The van der Waals surface area contributed by atoms with Gasteiger partial charge in [0.05, 0.1) is 5.69 Å². The molecule has 0 atom stereocenters. The van der Waals surface area contributed by atoms with Crippen LogP contribution >= 0.6 is 0 Å². The van der Waals surface area contributed by atoms with Gasteiger partial charge in [0.15, 0.2) is 0 Å². The summed E-state index contributed by atoms with van der Waals surface area (Å²) >= 11 is 0. The summed E-state index contributed by atoms with van der Waals surface area (Å²) in [6, 6.07) is 9.80. The minimum atomic E-state index is 0.423. The topological polar surface area (TPSA) is 59.1 Å². The number of nitrogens with two attached hydrogens (primary N) is 1. The first-order valence-electron chi connectivity index (χ1n) is 7.77. The van der Waals surface area contributed by atoms with Gasteiger partial charge in [0.1, 0.15) is 11.6 Å². The van der Waals surface area contributed by atoms with E-state index in [1.165, 1.54) is 24.8 Å². The van der Waals surface area contributed by atoms with Gasteiger partial charge in [-0.1, -0.05) is 25.8 Å². The Labute approximate surface area is 125 Å². The summed E-state index contributed by atoms with van der Waals surface area (Å²) in [6.07, 6.45) is 5.56. The average Bonchev–Trinajstić information content (AvgIpc) is 2.40. The van der Waals surface area contributed by atoms with Crippen LogP contribution in [0.4, 0.5) is 5.82 Å². The van der Waals surface area contributed by atoms with Crippen molar-refractivity contribution in [3.05, 3.63) is 41.5 Å². The molecule has 1 fully saturated rings. The van der Waals surface area contributed by atoms with Crippen LogP contribution < -0.4 is 5.73 Å². The highest BCUT2D eigenvalue weighted by Crippen LogP contribution is 2.43. The van der Waals surface area contributed by atoms with Gasteiger partial charge in [-0.25, -0.2) is 4.98 Å². The smallest absolute Gasteiger partial charge is 0.124 e. The Morgan fingerprint density at radius 3 is 2.71 bits per heavy atom. The number of nitrogens with zero attached hydrogens (tertiary/aromatic N) is 1. The molecule has 110 valence electrons. The fourth-order valence-electron chi connectivity index (χ4n) is 3.00. The maximum absolute atomic E-state index is 10.3. The van der Waals surface area contributed by atoms with Crippen LogP contribution in [0.1, 0.15) is 49.7 Å². The molecule has 0 spiro atoms. The number of hydrogen-bond donors (Lipinski definition) is 2. The van der Waals surface area contributed by atoms with Gasteiger partial charge in [0.25, 0.3) is 0 Å². The summed E-state index contributed by atoms with van der Waals surface area (Å²) in [5, 5.41) is 10.3. The van der Waals surface area contributed by atoms with Gasteiger partial charge in [-0.2, -0.15) is 0 Å². The van der Waals surface area contributed by atoms with Crippen LogP contribution in [0.3, 0.4) is 0 Å². The Hall–Kier alpha value is -2.03. The molecule has 1 aromatic carbocycles. The van der Waals surface area contributed by atoms with Crippen LogP contribution in [0.2, 0.25) is 0 Å². The van der Waals surface area contributed by atoms with Crippen molar-refractivity contribution >= 4 is 5.82 Å². The summed E-state index contributed by atoms with van der Waals surface area (Å²) < 4.78 is 0. The minimum absolute atomic E-state index is 0.423. The van der Waals surface area contributed by atoms with E-state index >= 15 is 0 Å². The molecule has 0 amide bonds. The van der Waals surface area contributed by atoms with E-state index in [4.69, 9.17) is 5.73 Å². The van der Waals surface area contributed by atoms with Crippen molar-refractivity contribution < 1.29 is 5.11 Å². The third-order valence-corrected chi connectivity index (χ3v) is 4.36. The first-order chi connectivity index (χ1) is 10.2. The average molecular weight is 282 g/mol. The highest BCUT2D eigenvalue weighted by molar-refractivity contribution is 5.69. The van der Waals surface area contributed by atoms with Gasteiger partial charge in [-0.05, 0) is 60.6 Å². The summed E-state index contributed by atoms with van der Waals surface area (Å²) in [6.45, 7) is 2.12. The SMILES string of the molecule is CCCc1cc(-c2cccc(N)n2)c(C2CCC2)cc1O. The molecule has 0 radical (unpaired) electrons. The van der Waals surface area contributed by atoms with Crippen molar-refractivity contribution in [3.8, 4) is 17.0 Å². The number of anilines is 1. The molecule has 0 aliphatic heterocycles. The van der Waals surface area contributed by atoms with Crippen LogP contribution in [0, 0.1) is 0 Å². The second-order valence-corrected chi connectivity index (χ2v) is 5.89. The first-order valence-corrected chi connectivity index (χ1v) is 7.77. The second-order valence-electron chi connectivity index (χ2n) is 5.89. The fourth-order valence-corrected chi connectivity index (χ4v) is 3.00. The molecule has 21 heavy (non-hydrogen) atoms. The van der Waals surface area contributed by atoms with E-state index < -0.39 is 0 Å². The lowest BCUT2D eigenvalue weighted by Crippen LogP contribution is -2.11. The van der Waals surface area contributed by atoms with E-state index in [0.717, 1.165) is 29.7 Å². The number of aromatic hydroxyl groups is 1. The van der Waals surface area contributed by atoms with E-state index in [-0.39, 0.29) is 0 Å². The summed E-state index contributed by atoms with van der Waals surface area (Å²) in [7, 11) is 0. The number of rotatable bonds is 4. The molecule has 1 aliphatic rings. The zero-order valence-electron chi connectivity index (χ0n) is 12.5. The number of aromatic nitrogens is 1. The van der Waals surface area contributed by atoms with Gasteiger partial charge >= 0.3 is 0 Å².